The number of para-hydroxylation sites is 2. The van der Waals surface area contributed by atoms with Gasteiger partial charge in [0.25, 0.3) is 11.6 Å². The summed E-state index contributed by atoms with van der Waals surface area (Å²) in [6.07, 6.45) is 1.45. The fourth-order valence-corrected chi connectivity index (χ4v) is 1.99. The van der Waals surface area contributed by atoms with Crippen LogP contribution in [0.1, 0.15) is 10.4 Å². The molecular weight excluding hydrogens is 258 g/mol. The van der Waals surface area contributed by atoms with Gasteiger partial charge in [-0.3, -0.25) is 19.5 Å². The quantitative estimate of drug-likeness (QED) is 0.528. The molecule has 98 valence electrons. The second-order valence-electron chi connectivity index (χ2n) is 4.21. The van der Waals surface area contributed by atoms with Gasteiger partial charge in [0.05, 0.1) is 16.0 Å². The summed E-state index contributed by atoms with van der Waals surface area (Å²) < 4.78 is 1.43. The summed E-state index contributed by atoms with van der Waals surface area (Å²) in [7, 11) is 0. The number of hydrogen-bond acceptors (Lipinski definition) is 4. The molecule has 0 aliphatic heterocycles. The van der Waals surface area contributed by atoms with Gasteiger partial charge in [0.1, 0.15) is 6.33 Å². The molecule has 0 spiro atoms. The van der Waals surface area contributed by atoms with Crippen LogP contribution in [-0.2, 0) is 0 Å². The summed E-state index contributed by atoms with van der Waals surface area (Å²) in [6, 6.07) is 12.8. The molecule has 1 heterocycles. The van der Waals surface area contributed by atoms with Crippen LogP contribution in [0, 0.1) is 10.1 Å². The molecule has 0 N–H and O–H groups in total. The van der Waals surface area contributed by atoms with E-state index in [-0.39, 0.29) is 11.6 Å². The number of carbonyl (C=O) groups is 1. The van der Waals surface area contributed by atoms with Gasteiger partial charge in [0.2, 0.25) is 0 Å². The molecule has 0 fully saturated rings. The first kappa shape index (κ1) is 12.0. The Balaban J connectivity index is 2.02. The minimum Gasteiger partial charge on any atom is -0.268 e. The third-order valence-electron chi connectivity index (χ3n) is 3.00. The minimum atomic E-state index is -0.499. The molecule has 6 heteroatoms. The summed E-state index contributed by atoms with van der Waals surface area (Å²) in [5.74, 6) is -0.270. The molecule has 0 aliphatic rings. The standard InChI is InChI=1S/C14H9N3O3/c18-14(10-5-7-11(8-6-10)17(19)20)16-9-15-12-3-1-2-4-13(12)16/h1-9H. The highest BCUT2D eigenvalue weighted by atomic mass is 16.6. The van der Waals surface area contributed by atoms with E-state index in [1.807, 2.05) is 18.2 Å². The molecule has 0 aliphatic carbocycles. The molecule has 6 nitrogen and oxygen atoms in total. The maximum atomic E-state index is 12.4. The number of imidazole rings is 1. The van der Waals surface area contributed by atoms with Crippen LogP contribution < -0.4 is 0 Å². The zero-order valence-corrected chi connectivity index (χ0v) is 10.3. The average molecular weight is 267 g/mol. The first-order valence-corrected chi connectivity index (χ1v) is 5.88. The highest BCUT2D eigenvalue weighted by Crippen LogP contribution is 2.16. The van der Waals surface area contributed by atoms with Gasteiger partial charge in [-0.05, 0) is 24.3 Å². The van der Waals surface area contributed by atoms with Crippen molar-refractivity contribution in [3.8, 4) is 0 Å². The van der Waals surface area contributed by atoms with Crippen LogP contribution in [0.4, 0.5) is 5.69 Å². The molecule has 2 aromatic carbocycles. The Morgan fingerprint density at radius 3 is 2.50 bits per heavy atom. The Morgan fingerprint density at radius 1 is 1.10 bits per heavy atom. The maximum Gasteiger partial charge on any atom is 0.269 e. The van der Waals surface area contributed by atoms with Crippen molar-refractivity contribution in [3.63, 3.8) is 0 Å². The third kappa shape index (κ3) is 1.93. The molecule has 0 atom stereocenters. The van der Waals surface area contributed by atoms with Crippen molar-refractivity contribution in [2.24, 2.45) is 0 Å². The van der Waals surface area contributed by atoms with E-state index >= 15 is 0 Å². The number of nitro benzene ring substituents is 1. The molecular formula is C14H9N3O3. The van der Waals surface area contributed by atoms with Crippen LogP contribution in [0.25, 0.3) is 11.0 Å². The van der Waals surface area contributed by atoms with Gasteiger partial charge in [-0.2, -0.15) is 0 Å². The third-order valence-corrected chi connectivity index (χ3v) is 3.00. The summed E-state index contributed by atoms with van der Waals surface area (Å²) in [5.41, 5.74) is 1.76. The Bertz CT molecular complexity index is 806. The largest absolute Gasteiger partial charge is 0.269 e. The lowest BCUT2D eigenvalue weighted by Crippen LogP contribution is -2.10. The number of nitrogens with zero attached hydrogens (tertiary/aromatic N) is 3. The number of nitro groups is 1. The van der Waals surface area contributed by atoms with Gasteiger partial charge in [-0.25, -0.2) is 4.98 Å². The van der Waals surface area contributed by atoms with Gasteiger partial charge in [-0.1, -0.05) is 12.1 Å². The number of benzene rings is 2. The van der Waals surface area contributed by atoms with Gasteiger partial charge >= 0.3 is 0 Å². The lowest BCUT2D eigenvalue weighted by molar-refractivity contribution is -0.384. The molecule has 0 saturated heterocycles. The van der Waals surface area contributed by atoms with Crippen LogP contribution in [0.5, 0.6) is 0 Å². The monoisotopic (exact) mass is 267 g/mol. The SMILES string of the molecule is O=C(c1ccc([N+](=O)[O-])cc1)n1cnc2ccccc21. The Morgan fingerprint density at radius 2 is 1.80 bits per heavy atom. The van der Waals surface area contributed by atoms with Crippen molar-refractivity contribution in [2.45, 2.75) is 0 Å². The van der Waals surface area contributed by atoms with Crippen LogP contribution in [0.15, 0.2) is 54.9 Å². The lowest BCUT2D eigenvalue weighted by atomic mass is 10.2. The molecule has 0 unspecified atom stereocenters. The normalized spacial score (nSPS) is 10.6. The Labute approximate surface area is 113 Å². The van der Waals surface area contributed by atoms with Crippen LogP contribution in [0.2, 0.25) is 0 Å². The first-order valence-electron chi connectivity index (χ1n) is 5.88. The molecule has 3 aromatic rings. The minimum absolute atomic E-state index is 0.0444. The number of aromatic nitrogens is 2. The van der Waals surface area contributed by atoms with Crippen molar-refractivity contribution in [1.29, 1.82) is 0 Å². The van der Waals surface area contributed by atoms with E-state index in [1.165, 1.54) is 35.2 Å². The first-order chi connectivity index (χ1) is 9.66. The van der Waals surface area contributed by atoms with Gasteiger partial charge in [0, 0.05) is 17.7 Å². The lowest BCUT2D eigenvalue weighted by Gasteiger charge is -2.02. The Kier molecular flexibility index (Phi) is 2.76. The van der Waals surface area contributed by atoms with Crippen LogP contribution >= 0.6 is 0 Å². The van der Waals surface area contributed by atoms with E-state index in [0.717, 1.165) is 5.52 Å². The van der Waals surface area contributed by atoms with E-state index in [1.54, 1.807) is 6.07 Å². The molecule has 0 radical (unpaired) electrons. The molecule has 20 heavy (non-hydrogen) atoms. The van der Waals surface area contributed by atoms with Crippen molar-refractivity contribution >= 4 is 22.6 Å². The second kappa shape index (κ2) is 4.58. The summed E-state index contributed by atoms with van der Waals surface area (Å²) in [5, 5.41) is 10.6. The average Bonchev–Trinajstić information content (AvgIpc) is 2.90. The van der Waals surface area contributed by atoms with Crippen LogP contribution in [-0.4, -0.2) is 20.4 Å². The van der Waals surface area contributed by atoms with E-state index in [2.05, 4.69) is 4.98 Å². The second-order valence-corrected chi connectivity index (χ2v) is 4.21. The highest BCUT2D eigenvalue weighted by molar-refractivity contribution is 6.01. The fourth-order valence-electron chi connectivity index (χ4n) is 1.99. The summed E-state index contributed by atoms with van der Waals surface area (Å²) >= 11 is 0. The van der Waals surface area contributed by atoms with Crippen molar-refractivity contribution < 1.29 is 9.72 Å². The van der Waals surface area contributed by atoms with E-state index in [0.29, 0.717) is 11.1 Å². The van der Waals surface area contributed by atoms with Crippen molar-refractivity contribution in [2.75, 3.05) is 0 Å². The van der Waals surface area contributed by atoms with E-state index < -0.39 is 4.92 Å². The zero-order chi connectivity index (χ0) is 14.1. The molecule has 3 rings (SSSR count). The van der Waals surface area contributed by atoms with Crippen LogP contribution in [0.3, 0.4) is 0 Å². The van der Waals surface area contributed by atoms with Gasteiger partial charge in [-0.15, -0.1) is 0 Å². The molecule has 0 amide bonds. The summed E-state index contributed by atoms with van der Waals surface area (Å²) in [6.45, 7) is 0. The number of non-ortho nitro benzene ring substituents is 1. The van der Waals surface area contributed by atoms with Crippen molar-refractivity contribution in [3.05, 3.63) is 70.5 Å². The topological polar surface area (TPSA) is 78.0 Å². The van der Waals surface area contributed by atoms with Gasteiger partial charge < -0.3 is 0 Å². The number of rotatable bonds is 2. The van der Waals surface area contributed by atoms with E-state index in [9.17, 15) is 14.9 Å². The predicted octanol–water partition coefficient (Wildman–Crippen LogP) is 2.63. The van der Waals surface area contributed by atoms with Crippen molar-refractivity contribution in [1.82, 2.24) is 9.55 Å². The molecule has 1 aromatic heterocycles. The smallest absolute Gasteiger partial charge is 0.268 e. The fraction of sp³-hybridized carbons (Fsp3) is 0. The molecule has 0 bridgehead atoms. The van der Waals surface area contributed by atoms with Gasteiger partial charge in [0.15, 0.2) is 0 Å². The van der Waals surface area contributed by atoms with E-state index in [4.69, 9.17) is 0 Å². The summed E-state index contributed by atoms with van der Waals surface area (Å²) in [4.78, 5) is 26.6. The predicted molar refractivity (Wildman–Crippen MR) is 72.6 cm³/mol. The highest BCUT2D eigenvalue weighted by Gasteiger charge is 2.13. The number of hydrogen-bond donors (Lipinski definition) is 0. The Hall–Kier alpha value is -3.02. The molecule has 0 saturated carbocycles. The zero-order valence-electron chi connectivity index (χ0n) is 10.3. The number of fused-ring (bicyclic) bond motifs is 1. The maximum absolute atomic E-state index is 12.4. The number of carbonyl (C=O) groups excluding carboxylic acids is 1.